The highest BCUT2D eigenvalue weighted by molar-refractivity contribution is 6.31. The third kappa shape index (κ3) is 1.64. The molecule has 0 fully saturated rings. The normalized spacial score (nSPS) is 16.8. The molecule has 0 aromatic rings. The summed E-state index contributed by atoms with van der Waals surface area (Å²) in [5.41, 5.74) is 0.384. The Morgan fingerprint density at radius 2 is 1.77 bits per heavy atom. The second kappa shape index (κ2) is 3.47. The molecule has 0 N–H and O–H groups in total. The van der Waals surface area contributed by atoms with E-state index < -0.39 is 0 Å². The number of hydrogen-bond acceptors (Lipinski definition) is 3. The average molecular weight is 178 g/mol. The van der Waals surface area contributed by atoms with Gasteiger partial charge >= 0.3 is 0 Å². The molecule has 0 spiro atoms. The van der Waals surface area contributed by atoms with Gasteiger partial charge in [-0.3, -0.25) is 14.4 Å². The lowest BCUT2D eigenvalue weighted by atomic mass is 9.91. The van der Waals surface area contributed by atoms with Crippen molar-refractivity contribution >= 4 is 17.3 Å². The van der Waals surface area contributed by atoms with Gasteiger partial charge in [0.05, 0.1) is 5.57 Å². The molecule has 0 bridgehead atoms. The number of carbonyl (C=O) groups is 3. The lowest BCUT2D eigenvalue weighted by molar-refractivity contribution is -0.120. The maximum absolute atomic E-state index is 11.2. The first-order valence-corrected chi connectivity index (χ1v) is 4.08. The predicted octanol–water partition coefficient (Wildman–Crippen LogP) is 0.990. The zero-order valence-electron chi connectivity index (χ0n) is 7.59. The molecule has 0 heterocycles. The van der Waals surface area contributed by atoms with E-state index in [2.05, 4.69) is 0 Å². The van der Waals surface area contributed by atoms with Crippen LogP contribution in [-0.4, -0.2) is 17.3 Å². The fraction of sp³-hybridized carbons (Fsp3) is 0.300. The van der Waals surface area contributed by atoms with Gasteiger partial charge in [0.1, 0.15) is 0 Å². The molecule has 3 nitrogen and oxygen atoms in total. The van der Waals surface area contributed by atoms with E-state index in [1.165, 1.54) is 13.0 Å². The van der Waals surface area contributed by atoms with E-state index in [0.29, 0.717) is 12.0 Å². The second-order valence-corrected chi connectivity index (χ2v) is 2.83. The molecule has 0 unspecified atom stereocenters. The lowest BCUT2D eigenvalue weighted by Gasteiger charge is -2.09. The van der Waals surface area contributed by atoms with Crippen molar-refractivity contribution in [1.82, 2.24) is 0 Å². The summed E-state index contributed by atoms with van der Waals surface area (Å²) in [6.07, 6.45) is 2.79. The van der Waals surface area contributed by atoms with Gasteiger partial charge in [-0.1, -0.05) is 6.92 Å². The minimum atomic E-state index is -0.357. The highest BCUT2D eigenvalue weighted by Gasteiger charge is 2.23. The van der Waals surface area contributed by atoms with Crippen LogP contribution < -0.4 is 0 Å². The summed E-state index contributed by atoms with van der Waals surface area (Å²) >= 11 is 0. The van der Waals surface area contributed by atoms with Gasteiger partial charge in [0.25, 0.3) is 0 Å². The first kappa shape index (κ1) is 9.58. The van der Waals surface area contributed by atoms with Crippen LogP contribution in [0.2, 0.25) is 0 Å². The summed E-state index contributed by atoms with van der Waals surface area (Å²) in [5, 5.41) is 0. The Labute approximate surface area is 76.1 Å². The van der Waals surface area contributed by atoms with Gasteiger partial charge in [-0.05, 0) is 25.5 Å². The Morgan fingerprint density at radius 1 is 1.23 bits per heavy atom. The molecule has 0 atom stereocenters. The van der Waals surface area contributed by atoms with E-state index in [1.54, 1.807) is 6.92 Å². The third-order valence-electron chi connectivity index (χ3n) is 1.94. The maximum Gasteiger partial charge on any atom is 0.189 e. The number of ketones is 3. The first-order chi connectivity index (χ1) is 6.07. The standard InChI is InChI=1S/C10H10O3/c1-3-7-8(12)4-5-9(13)10(7)6(2)11/h4-5H,3H2,1-2H3. The van der Waals surface area contributed by atoms with Gasteiger partial charge in [0, 0.05) is 5.57 Å². The zero-order chi connectivity index (χ0) is 10.0. The molecule has 1 rings (SSSR count). The maximum atomic E-state index is 11.2. The Hall–Kier alpha value is -1.51. The molecule has 0 saturated heterocycles. The number of rotatable bonds is 2. The van der Waals surface area contributed by atoms with E-state index in [0.717, 1.165) is 6.08 Å². The van der Waals surface area contributed by atoms with Crippen molar-refractivity contribution in [2.45, 2.75) is 20.3 Å². The Morgan fingerprint density at radius 3 is 2.15 bits per heavy atom. The minimum absolute atomic E-state index is 0.0509. The molecule has 13 heavy (non-hydrogen) atoms. The monoisotopic (exact) mass is 178 g/mol. The predicted molar refractivity (Wildman–Crippen MR) is 47.2 cm³/mol. The van der Waals surface area contributed by atoms with Crippen LogP contribution in [0.15, 0.2) is 23.3 Å². The van der Waals surface area contributed by atoms with E-state index in [4.69, 9.17) is 0 Å². The van der Waals surface area contributed by atoms with Crippen LogP contribution >= 0.6 is 0 Å². The van der Waals surface area contributed by atoms with Crippen LogP contribution in [0.25, 0.3) is 0 Å². The highest BCUT2D eigenvalue weighted by atomic mass is 16.2. The van der Waals surface area contributed by atoms with Gasteiger partial charge in [0.15, 0.2) is 17.3 Å². The highest BCUT2D eigenvalue weighted by Crippen LogP contribution is 2.17. The Bertz CT molecular complexity index is 345. The second-order valence-electron chi connectivity index (χ2n) is 2.83. The summed E-state index contributed by atoms with van der Waals surface area (Å²) in [6.45, 7) is 3.05. The van der Waals surface area contributed by atoms with Crippen molar-refractivity contribution in [2.24, 2.45) is 0 Å². The quantitative estimate of drug-likeness (QED) is 0.468. The fourth-order valence-electron chi connectivity index (χ4n) is 1.34. The van der Waals surface area contributed by atoms with Gasteiger partial charge in [-0.15, -0.1) is 0 Å². The Kier molecular flexibility index (Phi) is 2.56. The zero-order valence-corrected chi connectivity index (χ0v) is 7.59. The number of hydrogen-bond donors (Lipinski definition) is 0. The molecule has 0 radical (unpaired) electrons. The van der Waals surface area contributed by atoms with E-state index >= 15 is 0 Å². The van der Waals surface area contributed by atoms with Crippen molar-refractivity contribution in [2.75, 3.05) is 0 Å². The largest absolute Gasteiger partial charge is 0.294 e. The molecule has 0 aromatic carbocycles. The van der Waals surface area contributed by atoms with Crippen LogP contribution in [0.4, 0.5) is 0 Å². The summed E-state index contributed by atoms with van der Waals surface area (Å²) in [4.78, 5) is 33.5. The number of Topliss-reactive ketones (excluding diaryl/α,β-unsaturated/α-hetero) is 1. The van der Waals surface area contributed by atoms with E-state index in [-0.39, 0.29) is 22.9 Å². The van der Waals surface area contributed by atoms with Crippen LogP contribution in [0.1, 0.15) is 20.3 Å². The van der Waals surface area contributed by atoms with Gasteiger partial charge in [-0.2, -0.15) is 0 Å². The molecular weight excluding hydrogens is 168 g/mol. The summed E-state index contributed by atoms with van der Waals surface area (Å²) in [7, 11) is 0. The van der Waals surface area contributed by atoms with Crippen LogP contribution in [-0.2, 0) is 14.4 Å². The molecule has 0 aliphatic heterocycles. The molecule has 1 aliphatic carbocycles. The van der Waals surface area contributed by atoms with E-state index in [9.17, 15) is 14.4 Å². The molecule has 0 aromatic heterocycles. The smallest absolute Gasteiger partial charge is 0.189 e. The van der Waals surface area contributed by atoms with Crippen molar-refractivity contribution in [3.8, 4) is 0 Å². The van der Waals surface area contributed by atoms with Crippen molar-refractivity contribution in [3.05, 3.63) is 23.3 Å². The topological polar surface area (TPSA) is 51.2 Å². The molecule has 0 amide bonds. The molecule has 3 heteroatoms. The summed E-state index contributed by atoms with van der Waals surface area (Å²) in [6, 6.07) is 0. The molecular formula is C10H10O3. The van der Waals surface area contributed by atoms with Crippen molar-refractivity contribution in [1.29, 1.82) is 0 Å². The van der Waals surface area contributed by atoms with Crippen molar-refractivity contribution < 1.29 is 14.4 Å². The average Bonchev–Trinajstić information content (AvgIpc) is 2.07. The van der Waals surface area contributed by atoms with Crippen molar-refractivity contribution in [3.63, 3.8) is 0 Å². The van der Waals surface area contributed by atoms with Gasteiger partial charge < -0.3 is 0 Å². The summed E-state index contributed by atoms with van der Waals surface area (Å²) in [5.74, 6) is -0.921. The Balaban J connectivity index is 3.27. The number of allylic oxidation sites excluding steroid dienone is 4. The van der Waals surface area contributed by atoms with Gasteiger partial charge in [-0.25, -0.2) is 0 Å². The SMILES string of the molecule is CCC1=C(C(C)=O)C(=O)C=CC1=O. The molecule has 0 saturated carbocycles. The fourth-order valence-corrected chi connectivity index (χ4v) is 1.34. The molecule has 68 valence electrons. The number of carbonyl (C=O) groups excluding carboxylic acids is 3. The first-order valence-electron chi connectivity index (χ1n) is 4.08. The molecule has 1 aliphatic rings. The minimum Gasteiger partial charge on any atom is -0.294 e. The van der Waals surface area contributed by atoms with Gasteiger partial charge in [0.2, 0.25) is 0 Å². The van der Waals surface area contributed by atoms with E-state index in [1.807, 2.05) is 0 Å². The third-order valence-corrected chi connectivity index (χ3v) is 1.94. The van der Waals surface area contributed by atoms with Crippen LogP contribution in [0.3, 0.4) is 0 Å². The summed E-state index contributed by atoms with van der Waals surface area (Å²) < 4.78 is 0. The lowest BCUT2D eigenvalue weighted by Crippen LogP contribution is -2.18. The van der Waals surface area contributed by atoms with Crippen LogP contribution in [0.5, 0.6) is 0 Å². The van der Waals surface area contributed by atoms with Crippen LogP contribution in [0, 0.1) is 0 Å².